The number of nitrogens with zero attached hydrogens (tertiary/aromatic N) is 1. The smallest absolute Gasteiger partial charge is 1.00 e. The number of hydrogen-bond acceptors (Lipinski definition) is 1. The molecule has 2 bridgehead atoms. The maximum atomic E-state index is 11.5. The average Bonchev–Trinajstić information content (AvgIpc) is 1.90. The molecule has 0 N–H and O–H groups in total. The quantitative estimate of drug-likeness (QED) is 0.238. The molecule has 0 aromatic heterocycles. The maximum Gasteiger partial charge on any atom is 1.00 e. The van der Waals surface area contributed by atoms with Gasteiger partial charge in [0.25, 0.3) is 0 Å². The van der Waals surface area contributed by atoms with Crippen LogP contribution in [0.25, 0.3) is 0 Å². The standard InChI is InChI=1S/C7H13NO.K.H/c9-8-4-1-7(2-5-8)3-6-8;;/h7H,1-6H2;;/q;+1;-1. The minimum atomic E-state index is 0. The zero-order valence-electron chi connectivity index (χ0n) is 7.68. The molecule has 3 heteroatoms. The van der Waals surface area contributed by atoms with Crippen LogP contribution in [0.4, 0.5) is 0 Å². The third-order valence-corrected chi connectivity index (χ3v) is 2.83. The SMILES string of the molecule is [H-].[K+].[O-][N+]12CCC(CC1)CC2. The zero-order valence-corrected chi connectivity index (χ0v) is 9.80. The van der Waals surface area contributed by atoms with Crippen molar-refractivity contribution < 1.29 is 57.5 Å². The van der Waals surface area contributed by atoms with Crippen LogP contribution in [-0.4, -0.2) is 24.3 Å². The Labute approximate surface area is 106 Å². The van der Waals surface area contributed by atoms with Crippen LogP contribution in [-0.2, 0) is 0 Å². The van der Waals surface area contributed by atoms with Gasteiger partial charge in [0, 0.05) is 19.3 Å². The first-order valence-electron chi connectivity index (χ1n) is 3.86. The van der Waals surface area contributed by atoms with Gasteiger partial charge in [-0.3, -0.25) is 0 Å². The van der Waals surface area contributed by atoms with Gasteiger partial charge < -0.3 is 11.3 Å². The number of quaternary nitrogens is 1. The minimum Gasteiger partial charge on any atom is -1.00 e. The van der Waals surface area contributed by atoms with Crippen LogP contribution < -0.4 is 51.4 Å². The van der Waals surface area contributed by atoms with Gasteiger partial charge in [0.1, 0.15) is 0 Å². The molecule has 0 saturated carbocycles. The van der Waals surface area contributed by atoms with Gasteiger partial charge in [0.05, 0.1) is 19.6 Å². The third-order valence-electron chi connectivity index (χ3n) is 2.83. The molecule has 0 aliphatic carbocycles. The Morgan fingerprint density at radius 2 is 1.50 bits per heavy atom. The molecule has 0 aromatic carbocycles. The number of piperidine rings is 3. The number of fused-ring (bicyclic) bond motifs is 3. The molecule has 0 spiro atoms. The molecule has 2 nitrogen and oxygen atoms in total. The molecular weight excluding hydrogens is 153 g/mol. The van der Waals surface area contributed by atoms with E-state index in [4.69, 9.17) is 0 Å². The number of rotatable bonds is 0. The molecule has 0 atom stereocenters. The Hall–Kier alpha value is 1.56. The van der Waals surface area contributed by atoms with Gasteiger partial charge in [0.15, 0.2) is 0 Å². The van der Waals surface area contributed by atoms with E-state index in [-0.39, 0.29) is 57.5 Å². The molecule has 10 heavy (non-hydrogen) atoms. The van der Waals surface area contributed by atoms with Crippen molar-refractivity contribution >= 4 is 0 Å². The molecule has 3 aliphatic heterocycles. The molecule has 3 rings (SSSR count). The summed E-state index contributed by atoms with van der Waals surface area (Å²) in [7, 11) is 0. The van der Waals surface area contributed by atoms with E-state index in [1.807, 2.05) is 0 Å². The summed E-state index contributed by atoms with van der Waals surface area (Å²) in [5.74, 6) is 0.916. The van der Waals surface area contributed by atoms with Crippen molar-refractivity contribution in [2.24, 2.45) is 5.92 Å². The molecule has 0 radical (unpaired) electrons. The topological polar surface area (TPSA) is 23.1 Å². The molecule has 54 valence electrons. The monoisotopic (exact) mass is 167 g/mol. The molecule has 0 unspecified atom stereocenters. The van der Waals surface area contributed by atoms with Gasteiger partial charge in [-0.1, -0.05) is 0 Å². The first-order valence-corrected chi connectivity index (χ1v) is 3.86. The Kier molecular flexibility index (Phi) is 3.39. The van der Waals surface area contributed by atoms with E-state index in [1.165, 1.54) is 19.3 Å². The Balaban J connectivity index is 0.000000500. The van der Waals surface area contributed by atoms with Crippen molar-refractivity contribution in [3.05, 3.63) is 5.21 Å². The van der Waals surface area contributed by atoms with Crippen LogP contribution in [0, 0.1) is 11.1 Å². The van der Waals surface area contributed by atoms with Gasteiger partial charge in [-0.2, -0.15) is 0 Å². The predicted octanol–water partition coefficient (Wildman–Crippen LogP) is -1.77. The second kappa shape index (κ2) is 3.52. The fourth-order valence-corrected chi connectivity index (χ4v) is 2.02. The summed E-state index contributed by atoms with van der Waals surface area (Å²) in [6, 6.07) is 0. The van der Waals surface area contributed by atoms with E-state index in [0.717, 1.165) is 25.6 Å². The minimum absolute atomic E-state index is 0. The maximum absolute atomic E-state index is 11.5. The normalized spacial score (nSPS) is 44.7. The summed E-state index contributed by atoms with van der Waals surface area (Å²) >= 11 is 0. The second-order valence-electron chi connectivity index (χ2n) is 3.46. The van der Waals surface area contributed by atoms with Crippen molar-refractivity contribution in [1.82, 2.24) is 0 Å². The molecule has 0 aromatic rings. The van der Waals surface area contributed by atoms with Crippen molar-refractivity contribution in [1.29, 1.82) is 0 Å². The van der Waals surface area contributed by atoms with Crippen LogP contribution in [0.5, 0.6) is 0 Å². The van der Waals surface area contributed by atoms with E-state index in [0.29, 0.717) is 0 Å². The van der Waals surface area contributed by atoms with E-state index < -0.39 is 0 Å². The van der Waals surface area contributed by atoms with Crippen LogP contribution >= 0.6 is 0 Å². The third kappa shape index (κ3) is 1.83. The van der Waals surface area contributed by atoms with E-state index in [2.05, 4.69) is 0 Å². The average molecular weight is 167 g/mol. The van der Waals surface area contributed by atoms with Crippen LogP contribution in [0.3, 0.4) is 0 Å². The summed E-state index contributed by atoms with van der Waals surface area (Å²) in [6.45, 7) is 2.72. The molecular formula is C7H14KNO. The van der Waals surface area contributed by atoms with Crippen molar-refractivity contribution in [2.75, 3.05) is 19.6 Å². The van der Waals surface area contributed by atoms with Gasteiger partial charge in [-0.05, 0) is 5.92 Å². The van der Waals surface area contributed by atoms with Crippen LogP contribution in [0.2, 0.25) is 0 Å². The molecule has 3 heterocycles. The summed E-state index contributed by atoms with van der Waals surface area (Å²) in [6.07, 6.45) is 3.59. The Bertz CT molecular complexity index is 112. The van der Waals surface area contributed by atoms with Gasteiger partial charge >= 0.3 is 51.4 Å². The second-order valence-corrected chi connectivity index (χ2v) is 3.46. The van der Waals surface area contributed by atoms with E-state index in [9.17, 15) is 5.21 Å². The largest absolute Gasteiger partial charge is 1.00 e. The van der Waals surface area contributed by atoms with Crippen molar-refractivity contribution in [3.63, 3.8) is 0 Å². The number of hydroxylamine groups is 3. The molecule has 0 amide bonds. The molecule has 3 fully saturated rings. The van der Waals surface area contributed by atoms with Crippen molar-refractivity contribution in [3.8, 4) is 0 Å². The fraction of sp³-hybridized carbons (Fsp3) is 1.00. The zero-order chi connectivity index (χ0) is 6.32. The summed E-state index contributed by atoms with van der Waals surface area (Å²) in [5, 5.41) is 11.5. The van der Waals surface area contributed by atoms with Crippen molar-refractivity contribution in [2.45, 2.75) is 19.3 Å². The summed E-state index contributed by atoms with van der Waals surface area (Å²) in [4.78, 5) is 0. The fourth-order valence-electron chi connectivity index (χ4n) is 2.02. The van der Waals surface area contributed by atoms with E-state index >= 15 is 0 Å². The first-order chi connectivity index (χ1) is 4.29. The van der Waals surface area contributed by atoms with Gasteiger partial charge in [-0.25, -0.2) is 0 Å². The Morgan fingerprint density at radius 3 is 1.70 bits per heavy atom. The Morgan fingerprint density at radius 1 is 1.10 bits per heavy atom. The molecule has 3 saturated heterocycles. The van der Waals surface area contributed by atoms with Crippen LogP contribution in [0.15, 0.2) is 0 Å². The molecule has 3 aliphatic rings. The van der Waals surface area contributed by atoms with E-state index in [1.54, 1.807) is 0 Å². The first kappa shape index (κ1) is 9.64. The van der Waals surface area contributed by atoms with Crippen LogP contribution in [0.1, 0.15) is 20.7 Å². The van der Waals surface area contributed by atoms with Gasteiger partial charge in [-0.15, -0.1) is 0 Å². The summed E-state index contributed by atoms with van der Waals surface area (Å²) in [5.41, 5.74) is 0. The summed E-state index contributed by atoms with van der Waals surface area (Å²) < 4.78 is 0.135. The predicted molar refractivity (Wildman–Crippen MR) is 36.7 cm³/mol. The van der Waals surface area contributed by atoms with Gasteiger partial charge in [0.2, 0.25) is 0 Å². The number of hydrogen-bond donors (Lipinski definition) is 0.